The lowest BCUT2D eigenvalue weighted by Gasteiger charge is -2.30. The zero-order chi connectivity index (χ0) is 28.7. The summed E-state index contributed by atoms with van der Waals surface area (Å²) < 4.78 is 11.4. The van der Waals surface area contributed by atoms with Crippen LogP contribution in [0, 0.1) is 0 Å². The van der Waals surface area contributed by atoms with Gasteiger partial charge in [0.2, 0.25) is 5.91 Å². The van der Waals surface area contributed by atoms with Gasteiger partial charge in [0, 0.05) is 40.2 Å². The number of anilines is 3. The first-order valence-corrected chi connectivity index (χ1v) is 13.6. The van der Waals surface area contributed by atoms with Gasteiger partial charge in [0.25, 0.3) is 5.91 Å². The number of benzene rings is 3. The summed E-state index contributed by atoms with van der Waals surface area (Å²) in [6, 6.07) is 19.5. The molecule has 0 aliphatic carbocycles. The largest absolute Gasteiger partial charge is 0.351 e. The van der Waals surface area contributed by atoms with E-state index in [-0.39, 0.29) is 13.0 Å². The number of carbonyl (C=O) groups is 3. The number of para-hydroxylation sites is 1. The third-order valence-electron chi connectivity index (χ3n) is 6.28. The minimum Gasteiger partial charge on any atom is -0.351 e. The first-order valence-electron chi connectivity index (χ1n) is 12.8. The third-order valence-corrected chi connectivity index (χ3v) is 6.79. The van der Waals surface area contributed by atoms with Crippen LogP contribution in [-0.4, -0.2) is 43.9 Å². The number of carbonyl (C=O) groups excluding carboxylic acids is 3. The number of urea groups is 1. The molecule has 0 saturated heterocycles. The zero-order valence-corrected chi connectivity index (χ0v) is 23.6. The molecule has 210 valence electrons. The molecule has 40 heavy (non-hydrogen) atoms. The molecule has 0 saturated carbocycles. The van der Waals surface area contributed by atoms with Crippen molar-refractivity contribution in [1.82, 2.24) is 5.32 Å². The molecule has 1 atom stereocenters. The lowest BCUT2D eigenvalue weighted by Crippen LogP contribution is -2.56. The molecule has 0 unspecified atom stereocenters. The quantitative estimate of drug-likeness (QED) is 0.247. The topological polar surface area (TPSA) is 109 Å². The molecule has 0 spiro atoms. The van der Waals surface area contributed by atoms with E-state index in [0.717, 1.165) is 0 Å². The molecule has 3 aromatic carbocycles. The van der Waals surface area contributed by atoms with Gasteiger partial charge in [0.1, 0.15) is 0 Å². The molecule has 4 rings (SSSR count). The summed E-state index contributed by atoms with van der Waals surface area (Å²) in [5.41, 5.74) is 0.267. The summed E-state index contributed by atoms with van der Waals surface area (Å²) >= 11 is 11.9. The van der Waals surface area contributed by atoms with Gasteiger partial charge in [0.15, 0.2) is 11.8 Å². The van der Waals surface area contributed by atoms with E-state index in [9.17, 15) is 14.4 Å². The number of amides is 4. The maximum absolute atomic E-state index is 14.3. The molecule has 1 aliphatic rings. The number of halogens is 2. The molecular formula is C29H30Cl2N4O5. The number of hydrogen-bond donors (Lipinski definition) is 3. The first kappa shape index (κ1) is 29.4. The van der Waals surface area contributed by atoms with Crippen molar-refractivity contribution in [3.05, 3.63) is 88.4 Å². The fraction of sp³-hybridized carbons (Fsp3) is 0.276. The van der Waals surface area contributed by atoms with Gasteiger partial charge in [-0.2, -0.15) is 0 Å². The fourth-order valence-electron chi connectivity index (χ4n) is 4.58. The van der Waals surface area contributed by atoms with E-state index in [1.54, 1.807) is 72.8 Å². The van der Waals surface area contributed by atoms with Gasteiger partial charge < -0.3 is 30.3 Å². The highest BCUT2D eigenvalue weighted by Gasteiger charge is 2.53. The van der Waals surface area contributed by atoms with Crippen molar-refractivity contribution in [3.63, 3.8) is 0 Å². The molecule has 9 nitrogen and oxygen atoms in total. The first-order chi connectivity index (χ1) is 19.3. The Balaban J connectivity index is 1.69. The minimum absolute atomic E-state index is 0.0680. The van der Waals surface area contributed by atoms with Crippen LogP contribution in [0.1, 0.15) is 25.8 Å². The van der Waals surface area contributed by atoms with Gasteiger partial charge in [-0.05, 0) is 68.4 Å². The highest BCUT2D eigenvalue weighted by Crippen LogP contribution is 2.43. The van der Waals surface area contributed by atoms with E-state index in [4.69, 9.17) is 32.7 Å². The van der Waals surface area contributed by atoms with E-state index >= 15 is 0 Å². The second-order valence-corrected chi connectivity index (χ2v) is 9.87. The predicted molar refractivity (Wildman–Crippen MR) is 156 cm³/mol. The monoisotopic (exact) mass is 584 g/mol. The van der Waals surface area contributed by atoms with Crippen LogP contribution in [0.4, 0.5) is 21.9 Å². The van der Waals surface area contributed by atoms with Crippen LogP contribution in [0.15, 0.2) is 72.8 Å². The Morgan fingerprint density at radius 2 is 1.40 bits per heavy atom. The summed E-state index contributed by atoms with van der Waals surface area (Å²) in [5, 5.41) is 9.36. The average molecular weight is 585 g/mol. The normalized spacial score (nSPS) is 16.1. The highest BCUT2D eigenvalue weighted by atomic mass is 35.5. The molecule has 4 amide bonds. The lowest BCUT2D eigenvalue weighted by molar-refractivity contribution is -0.138. The van der Waals surface area contributed by atoms with Crippen LogP contribution in [0.25, 0.3) is 0 Å². The smallest absolute Gasteiger partial charge is 0.320 e. The van der Waals surface area contributed by atoms with Gasteiger partial charge in [0.05, 0.1) is 18.7 Å². The van der Waals surface area contributed by atoms with Crippen molar-refractivity contribution in [1.29, 1.82) is 0 Å². The van der Waals surface area contributed by atoms with Crippen molar-refractivity contribution in [2.45, 2.75) is 32.1 Å². The van der Waals surface area contributed by atoms with E-state index in [1.807, 2.05) is 13.8 Å². The molecule has 3 aromatic rings. The second kappa shape index (κ2) is 13.1. The van der Waals surface area contributed by atoms with Gasteiger partial charge in [-0.25, -0.2) is 4.79 Å². The summed E-state index contributed by atoms with van der Waals surface area (Å²) in [5.74, 6) is -0.971. The Morgan fingerprint density at radius 1 is 0.850 bits per heavy atom. The van der Waals surface area contributed by atoms with Gasteiger partial charge in [-0.3, -0.25) is 9.59 Å². The van der Waals surface area contributed by atoms with E-state index in [2.05, 4.69) is 16.0 Å². The van der Waals surface area contributed by atoms with E-state index in [1.165, 1.54) is 4.90 Å². The minimum atomic E-state index is -1.72. The van der Waals surface area contributed by atoms with Crippen molar-refractivity contribution >= 4 is 58.1 Å². The van der Waals surface area contributed by atoms with Crippen LogP contribution in [0.5, 0.6) is 0 Å². The molecule has 11 heteroatoms. The maximum atomic E-state index is 14.3. The highest BCUT2D eigenvalue weighted by molar-refractivity contribution is 6.31. The molecule has 0 radical (unpaired) electrons. The SMILES string of the molecule is CCOC(CN1C(=O)[C@@](CC(=O)Nc2ccc(Cl)cc2)(NC(=O)Nc2ccc(Cl)cc2)c2ccccc21)OCC. The second-order valence-electron chi connectivity index (χ2n) is 9.00. The standard InChI is InChI=1S/C29H30Cl2N4O5/c1-3-39-26(40-4-2)18-35-24-8-6-5-7-23(24)29(27(35)37,17-25(36)32-21-13-9-19(30)10-14-21)34-28(38)33-22-15-11-20(31)12-16-22/h5-16,26H,3-4,17-18H2,1-2H3,(H,32,36)(H2,33,34,38)/t29-/m0/s1. The number of rotatable bonds is 11. The lowest BCUT2D eigenvalue weighted by atomic mass is 9.87. The predicted octanol–water partition coefficient (Wildman–Crippen LogP) is 5.78. The average Bonchev–Trinajstić information content (AvgIpc) is 3.14. The number of fused-ring (bicyclic) bond motifs is 1. The van der Waals surface area contributed by atoms with Crippen molar-refractivity contribution < 1.29 is 23.9 Å². The van der Waals surface area contributed by atoms with Gasteiger partial charge in [-0.1, -0.05) is 41.4 Å². The van der Waals surface area contributed by atoms with Crippen LogP contribution in [0.3, 0.4) is 0 Å². The maximum Gasteiger partial charge on any atom is 0.320 e. The molecule has 1 aliphatic heterocycles. The Kier molecular flexibility index (Phi) is 9.65. The van der Waals surface area contributed by atoms with Crippen LogP contribution >= 0.6 is 23.2 Å². The van der Waals surface area contributed by atoms with Crippen LogP contribution < -0.4 is 20.9 Å². The van der Waals surface area contributed by atoms with Gasteiger partial charge in [-0.15, -0.1) is 0 Å². The Morgan fingerprint density at radius 3 is 1.98 bits per heavy atom. The van der Waals surface area contributed by atoms with E-state index < -0.39 is 29.7 Å². The summed E-state index contributed by atoms with van der Waals surface area (Å²) in [6.45, 7) is 4.49. The molecule has 0 bridgehead atoms. The Hall–Kier alpha value is -3.63. The number of hydrogen-bond acceptors (Lipinski definition) is 5. The van der Waals surface area contributed by atoms with Crippen molar-refractivity contribution in [2.75, 3.05) is 35.3 Å². The van der Waals surface area contributed by atoms with Crippen molar-refractivity contribution in [3.8, 4) is 0 Å². The fourth-order valence-corrected chi connectivity index (χ4v) is 4.84. The summed E-state index contributed by atoms with van der Waals surface area (Å²) in [7, 11) is 0. The number of ether oxygens (including phenoxy) is 2. The number of nitrogens with zero attached hydrogens (tertiary/aromatic N) is 1. The Bertz CT molecular complexity index is 1280. The van der Waals surface area contributed by atoms with Crippen LogP contribution in [-0.2, 0) is 24.6 Å². The molecule has 0 fully saturated rings. The number of nitrogens with one attached hydrogen (secondary N) is 3. The Labute approximate surface area is 242 Å². The summed E-state index contributed by atoms with van der Waals surface area (Å²) in [4.78, 5) is 42.4. The molecular weight excluding hydrogens is 555 g/mol. The van der Waals surface area contributed by atoms with Crippen LogP contribution in [0.2, 0.25) is 10.0 Å². The summed E-state index contributed by atoms with van der Waals surface area (Å²) in [6.07, 6.45) is -1.07. The zero-order valence-electron chi connectivity index (χ0n) is 22.1. The molecule has 0 aromatic heterocycles. The van der Waals surface area contributed by atoms with E-state index in [0.29, 0.717) is 45.9 Å². The van der Waals surface area contributed by atoms with Gasteiger partial charge >= 0.3 is 6.03 Å². The molecule has 1 heterocycles. The van der Waals surface area contributed by atoms with Crippen molar-refractivity contribution in [2.24, 2.45) is 0 Å². The third kappa shape index (κ3) is 6.74. The molecule has 3 N–H and O–H groups in total.